The summed E-state index contributed by atoms with van der Waals surface area (Å²) >= 11 is 0. The van der Waals surface area contributed by atoms with E-state index in [2.05, 4.69) is 51.1 Å². The number of halogens is 1. The molecule has 0 amide bonds. The van der Waals surface area contributed by atoms with Crippen molar-refractivity contribution in [2.75, 3.05) is 26.2 Å². The number of aryl methyl sites for hydroxylation is 1. The minimum absolute atomic E-state index is 0. The fourth-order valence-corrected chi connectivity index (χ4v) is 4.39. The van der Waals surface area contributed by atoms with Crippen molar-refractivity contribution < 1.29 is 0 Å². The molecule has 0 aromatic carbocycles. The summed E-state index contributed by atoms with van der Waals surface area (Å²) in [6, 6.07) is 0.544. The quantitative estimate of drug-likeness (QED) is 0.330. The van der Waals surface area contributed by atoms with Gasteiger partial charge in [-0.05, 0) is 51.6 Å². The molecule has 3 rings (SSSR count). The summed E-state index contributed by atoms with van der Waals surface area (Å²) in [5.74, 6) is 3.61. The summed E-state index contributed by atoms with van der Waals surface area (Å²) < 4.78 is 2.25. The topological polar surface area (TPSA) is 70.4 Å². The molecule has 0 bridgehead atoms. The summed E-state index contributed by atoms with van der Waals surface area (Å²) in [5, 5.41) is 15.7. The number of fused-ring (bicyclic) bond motifs is 1. The number of rotatable bonds is 7. The zero-order valence-electron chi connectivity index (χ0n) is 18.5. The Labute approximate surface area is 193 Å². The molecule has 166 valence electrons. The molecule has 0 aliphatic carbocycles. The molecule has 1 fully saturated rings. The van der Waals surface area contributed by atoms with Crippen LogP contribution >= 0.6 is 24.0 Å². The van der Waals surface area contributed by atoms with Gasteiger partial charge in [-0.15, -0.1) is 34.2 Å². The third-order valence-corrected chi connectivity index (χ3v) is 6.02. The molecule has 29 heavy (non-hydrogen) atoms. The SMILES string of the molecule is CCNC(=NCc1nnc2n1CCCC2)NCC(C(C)C)N1CCCCCC1.I. The first-order chi connectivity index (χ1) is 13.7. The molecule has 1 atom stereocenters. The number of hydrogen-bond donors (Lipinski definition) is 2. The van der Waals surface area contributed by atoms with Crippen molar-refractivity contribution in [3.05, 3.63) is 11.6 Å². The number of aromatic nitrogens is 3. The fourth-order valence-electron chi connectivity index (χ4n) is 4.39. The number of hydrogen-bond acceptors (Lipinski definition) is 4. The summed E-state index contributed by atoms with van der Waals surface area (Å²) in [6.07, 6.45) is 8.89. The molecule has 3 heterocycles. The Morgan fingerprint density at radius 3 is 2.41 bits per heavy atom. The highest BCUT2D eigenvalue weighted by atomic mass is 127. The number of likely N-dealkylation sites (tertiary alicyclic amines) is 1. The van der Waals surface area contributed by atoms with E-state index in [4.69, 9.17) is 4.99 Å². The molecule has 1 unspecified atom stereocenters. The van der Waals surface area contributed by atoms with Crippen LogP contribution in [0.1, 0.15) is 70.9 Å². The minimum Gasteiger partial charge on any atom is -0.357 e. The average molecular weight is 518 g/mol. The van der Waals surface area contributed by atoms with Crippen molar-refractivity contribution in [3.8, 4) is 0 Å². The predicted molar refractivity (Wildman–Crippen MR) is 130 cm³/mol. The highest BCUT2D eigenvalue weighted by Gasteiger charge is 2.23. The second kappa shape index (κ2) is 12.7. The van der Waals surface area contributed by atoms with Crippen LogP contribution in [0.5, 0.6) is 0 Å². The van der Waals surface area contributed by atoms with E-state index in [0.717, 1.165) is 43.7 Å². The van der Waals surface area contributed by atoms with Crippen LogP contribution in [0.3, 0.4) is 0 Å². The second-order valence-electron chi connectivity index (χ2n) is 8.48. The lowest BCUT2D eigenvalue weighted by atomic mass is 10.0. The molecule has 1 aromatic rings. The molecular formula is C21H40IN7. The molecule has 0 spiro atoms. The van der Waals surface area contributed by atoms with Crippen LogP contribution in [-0.4, -0.2) is 57.8 Å². The van der Waals surface area contributed by atoms with E-state index in [9.17, 15) is 0 Å². The number of guanidine groups is 1. The van der Waals surface area contributed by atoms with E-state index in [1.165, 1.54) is 51.6 Å². The summed E-state index contributed by atoms with van der Waals surface area (Å²) in [6.45, 7) is 12.6. The van der Waals surface area contributed by atoms with Crippen molar-refractivity contribution in [2.24, 2.45) is 10.9 Å². The van der Waals surface area contributed by atoms with E-state index < -0.39 is 0 Å². The van der Waals surface area contributed by atoms with Crippen LogP contribution in [0.25, 0.3) is 0 Å². The second-order valence-corrected chi connectivity index (χ2v) is 8.48. The van der Waals surface area contributed by atoms with Crippen LogP contribution in [0.4, 0.5) is 0 Å². The molecule has 2 N–H and O–H groups in total. The summed E-state index contributed by atoms with van der Waals surface area (Å²) in [5.41, 5.74) is 0. The van der Waals surface area contributed by atoms with E-state index >= 15 is 0 Å². The van der Waals surface area contributed by atoms with Gasteiger partial charge in [-0.25, -0.2) is 4.99 Å². The smallest absolute Gasteiger partial charge is 0.191 e. The molecule has 7 nitrogen and oxygen atoms in total. The molecule has 0 radical (unpaired) electrons. The maximum absolute atomic E-state index is 4.81. The lowest BCUT2D eigenvalue weighted by Crippen LogP contribution is -2.49. The summed E-state index contributed by atoms with van der Waals surface area (Å²) in [7, 11) is 0. The van der Waals surface area contributed by atoms with Gasteiger partial charge in [0.05, 0.1) is 0 Å². The van der Waals surface area contributed by atoms with Gasteiger partial charge < -0.3 is 15.2 Å². The fraction of sp³-hybridized carbons (Fsp3) is 0.857. The Hall–Kier alpha value is -0.900. The Bertz CT molecular complexity index is 621. The van der Waals surface area contributed by atoms with Crippen molar-refractivity contribution >= 4 is 29.9 Å². The van der Waals surface area contributed by atoms with Gasteiger partial charge in [0.15, 0.2) is 11.8 Å². The third-order valence-electron chi connectivity index (χ3n) is 6.02. The first-order valence-electron chi connectivity index (χ1n) is 11.4. The molecule has 1 saturated heterocycles. The van der Waals surface area contributed by atoms with Crippen LogP contribution in [0.15, 0.2) is 4.99 Å². The zero-order valence-corrected chi connectivity index (χ0v) is 20.8. The Kier molecular flexibility index (Phi) is 10.7. The standard InChI is InChI=1S/C21H39N7.HI/c1-4-22-21(24-16-20-26-25-19-11-7-10-14-28(19)20)23-15-18(17(2)3)27-12-8-5-6-9-13-27;/h17-18H,4-16H2,1-3H3,(H2,22,23,24);1H. The normalized spacial score (nSPS) is 19.2. The molecule has 2 aliphatic heterocycles. The Morgan fingerprint density at radius 2 is 1.72 bits per heavy atom. The molecule has 1 aromatic heterocycles. The van der Waals surface area contributed by atoms with Crippen molar-refractivity contribution in [2.45, 2.75) is 84.8 Å². The van der Waals surface area contributed by atoms with E-state index in [1.807, 2.05) is 0 Å². The molecule has 2 aliphatic rings. The monoisotopic (exact) mass is 517 g/mol. The maximum Gasteiger partial charge on any atom is 0.191 e. The van der Waals surface area contributed by atoms with Gasteiger partial charge >= 0.3 is 0 Å². The number of aliphatic imine (C=N–C) groups is 1. The van der Waals surface area contributed by atoms with Crippen LogP contribution < -0.4 is 10.6 Å². The minimum atomic E-state index is 0. The highest BCUT2D eigenvalue weighted by Crippen LogP contribution is 2.17. The number of nitrogens with zero attached hydrogens (tertiary/aromatic N) is 5. The summed E-state index contributed by atoms with van der Waals surface area (Å²) in [4.78, 5) is 7.50. The van der Waals surface area contributed by atoms with E-state index in [-0.39, 0.29) is 24.0 Å². The van der Waals surface area contributed by atoms with Crippen molar-refractivity contribution in [1.29, 1.82) is 0 Å². The van der Waals surface area contributed by atoms with Crippen LogP contribution in [0, 0.1) is 5.92 Å². The van der Waals surface area contributed by atoms with Crippen molar-refractivity contribution in [1.82, 2.24) is 30.3 Å². The van der Waals surface area contributed by atoms with Crippen LogP contribution in [0.2, 0.25) is 0 Å². The molecule has 8 heteroatoms. The maximum atomic E-state index is 4.81. The lowest BCUT2D eigenvalue weighted by molar-refractivity contribution is 0.161. The largest absolute Gasteiger partial charge is 0.357 e. The van der Waals surface area contributed by atoms with Gasteiger partial charge in [0, 0.05) is 32.1 Å². The van der Waals surface area contributed by atoms with Gasteiger partial charge in [0.2, 0.25) is 0 Å². The van der Waals surface area contributed by atoms with E-state index in [1.54, 1.807) is 0 Å². The lowest BCUT2D eigenvalue weighted by Gasteiger charge is -2.34. The molecule has 0 saturated carbocycles. The predicted octanol–water partition coefficient (Wildman–Crippen LogP) is 3.19. The highest BCUT2D eigenvalue weighted by molar-refractivity contribution is 14.0. The van der Waals surface area contributed by atoms with Gasteiger partial charge in [-0.3, -0.25) is 4.90 Å². The first kappa shape index (κ1) is 24.4. The Balaban J connectivity index is 0.00000300. The van der Waals surface area contributed by atoms with Gasteiger partial charge in [0.1, 0.15) is 12.4 Å². The van der Waals surface area contributed by atoms with Gasteiger partial charge in [0.25, 0.3) is 0 Å². The Morgan fingerprint density at radius 1 is 1.00 bits per heavy atom. The number of nitrogens with one attached hydrogen (secondary N) is 2. The van der Waals surface area contributed by atoms with Gasteiger partial charge in [-0.2, -0.15) is 0 Å². The average Bonchev–Trinajstić information content (AvgIpc) is 2.91. The van der Waals surface area contributed by atoms with E-state index in [0.29, 0.717) is 18.5 Å². The zero-order chi connectivity index (χ0) is 19.8. The third kappa shape index (κ3) is 7.08. The first-order valence-corrected chi connectivity index (χ1v) is 11.4. The van der Waals surface area contributed by atoms with Crippen LogP contribution in [-0.2, 0) is 19.5 Å². The molecular weight excluding hydrogens is 477 g/mol. The van der Waals surface area contributed by atoms with Gasteiger partial charge in [-0.1, -0.05) is 26.7 Å². The van der Waals surface area contributed by atoms with Crippen molar-refractivity contribution in [3.63, 3.8) is 0 Å².